The van der Waals surface area contributed by atoms with Crippen LogP contribution >= 0.6 is 0 Å². The minimum absolute atomic E-state index is 0.0100. The molecule has 1 aromatic rings. The number of nitrogens with one attached hydrogen (secondary N) is 1. The summed E-state index contributed by atoms with van der Waals surface area (Å²) in [6.07, 6.45) is 0. The van der Waals surface area contributed by atoms with E-state index in [1.807, 2.05) is 24.3 Å². The number of rotatable bonds is 9. The minimum Gasteiger partial charge on any atom is -0.326 e. The lowest BCUT2D eigenvalue weighted by atomic mass is 10.1. The van der Waals surface area contributed by atoms with Gasteiger partial charge in [0.25, 0.3) is 0 Å². The topological polar surface area (TPSA) is 75.4 Å². The summed E-state index contributed by atoms with van der Waals surface area (Å²) in [5, 5.41) is 0. The van der Waals surface area contributed by atoms with Crippen molar-refractivity contribution in [1.82, 2.24) is 9.62 Å². The largest absolute Gasteiger partial charge is 0.326 e. The molecule has 0 aliphatic rings. The van der Waals surface area contributed by atoms with Crippen molar-refractivity contribution >= 4 is 10.0 Å². The molecule has 0 bridgehead atoms. The quantitative estimate of drug-likeness (QED) is 0.710. The Balaban J connectivity index is 2.48. The average molecular weight is 299 g/mol. The van der Waals surface area contributed by atoms with Gasteiger partial charge in [-0.1, -0.05) is 38.1 Å². The highest BCUT2D eigenvalue weighted by atomic mass is 32.2. The third kappa shape index (κ3) is 6.00. The number of hydrogen-bond acceptors (Lipinski definition) is 4. The highest BCUT2D eigenvalue weighted by Crippen LogP contribution is 2.07. The summed E-state index contributed by atoms with van der Waals surface area (Å²) >= 11 is 0. The first-order valence-electron chi connectivity index (χ1n) is 6.98. The summed E-state index contributed by atoms with van der Waals surface area (Å²) in [4.78, 5) is 2.18. The highest BCUT2D eigenvalue weighted by molar-refractivity contribution is 7.88. The molecule has 0 spiro atoms. The van der Waals surface area contributed by atoms with Crippen molar-refractivity contribution in [3.63, 3.8) is 0 Å². The number of hydrogen-bond donors (Lipinski definition) is 2. The zero-order chi connectivity index (χ0) is 15.0. The van der Waals surface area contributed by atoms with Crippen LogP contribution in [-0.4, -0.2) is 39.5 Å². The van der Waals surface area contributed by atoms with E-state index in [4.69, 9.17) is 5.73 Å². The molecule has 0 aromatic heterocycles. The summed E-state index contributed by atoms with van der Waals surface area (Å²) in [6, 6.07) is 7.35. The van der Waals surface area contributed by atoms with Gasteiger partial charge in [0.15, 0.2) is 0 Å². The van der Waals surface area contributed by atoms with E-state index in [9.17, 15) is 8.42 Å². The molecular formula is C14H25N3O2S. The Hall–Kier alpha value is -0.950. The Kier molecular flexibility index (Phi) is 7.15. The van der Waals surface area contributed by atoms with E-state index >= 15 is 0 Å². The van der Waals surface area contributed by atoms with E-state index in [0.717, 1.165) is 30.8 Å². The summed E-state index contributed by atoms with van der Waals surface area (Å²) in [5.41, 5.74) is 7.29. The lowest BCUT2D eigenvalue weighted by molar-refractivity contribution is 0.309. The van der Waals surface area contributed by atoms with E-state index in [2.05, 4.69) is 23.5 Å². The van der Waals surface area contributed by atoms with Gasteiger partial charge in [-0.2, -0.15) is 0 Å². The van der Waals surface area contributed by atoms with Gasteiger partial charge in [-0.3, -0.25) is 0 Å². The van der Waals surface area contributed by atoms with Gasteiger partial charge in [0, 0.05) is 19.6 Å². The molecule has 0 aliphatic carbocycles. The lowest BCUT2D eigenvalue weighted by Gasteiger charge is -2.18. The second-order valence-electron chi connectivity index (χ2n) is 4.70. The first kappa shape index (κ1) is 17.1. The first-order valence-corrected chi connectivity index (χ1v) is 8.63. The Bertz CT molecular complexity index is 482. The molecule has 0 amide bonds. The van der Waals surface area contributed by atoms with Crippen LogP contribution in [-0.2, 0) is 22.3 Å². The standard InChI is InChI=1S/C14H25N3O2S/c1-3-17(4-2)10-9-16-20(18,19)12-14-7-5-13(11-15)6-8-14/h5-8,16H,3-4,9-12,15H2,1-2H3. The van der Waals surface area contributed by atoms with Crippen LogP contribution in [0, 0.1) is 0 Å². The van der Waals surface area contributed by atoms with E-state index in [-0.39, 0.29) is 5.75 Å². The van der Waals surface area contributed by atoms with Gasteiger partial charge < -0.3 is 10.6 Å². The molecule has 6 heteroatoms. The molecule has 0 heterocycles. The van der Waals surface area contributed by atoms with E-state index < -0.39 is 10.0 Å². The SMILES string of the molecule is CCN(CC)CCNS(=O)(=O)Cc1ccc(CN)cc1. The van der Waals surface area contributed by atoms with Gasteiger partial charge in [0.1, 0.15) is 0 Å². The molecule has 114 valence electrons. The zero-order valence-electron chi connectivity index (χ0n) is 12.3. The molecule has 0 fully saturated rings. The molecular weight excluding hydrogens is 274 g/mol. The molecule has 1 rings (SSSR count). The highest BCUT2D eigenvalue weighted by Gasteiger charge is 2.11. The molecule has 0 saturated carbocycles. The van der Waals surface area contributed by atoms with Crippen LogP contribution in [0.1, 0.15) is 25.0 Å². The second-order valence-corrected chi connectivity index (χ2v) is 6.51. The molecule has 0 radical (unpaired) electrons. The molecule has 0 aliphatic heterocycles. The van der Waals surface area contributed by atoms with Gasteiger partial charge in [-0.25, -0.2) is 13.1 Å². The van der Waals surface area contributed by atoms with Gasteiger partial charge >= 0.3 is 0 Å². The third-order valence-electron chi connectivity index (χ3n) is 3.26. The first-order chi connectivity index (χ1) is 9.50. The van der Waals surface area contributed by atoms with Crippen molar-refractivity contribution in [2.45, 2.75) is 26.1 Å². The van der Waals surface area contributed by atoms with Crippen molar-refractivity contribution in [2.75, 3.05) is 26.2 Å². The van der Waals surface area contributed by atoms with Gasteiger partial charge in [0.2, 0.25) is 10.0 Å². The maximum atomic E-state index is 12.0. The van der Waals surface area contributed by atoms with Crippen LogP contribution in [0.2, 0.25) is 0 Å². The van der Waals surface area contributed by atoms with Crippen LogP contribution in [0.25, 0.3) is 0 Å². The summed E-state index contributed by atoms with van der Waals surface area (Å²) in [5.74, 6) is 0.0100. The van der Waals surface area contributed by atoms with Crippen LogP contribution < -0.4 is 10.5 Å². The maximum absolute atomic E-state index is 12.0. The Morgan fingerprint density at radius 2 is 1.65 bits per heavy atom. The van der Waals surface area contributed by atoms with Gasteiger partial charge in [0.05, 0.1) is 5.75 Å². The molecule has 20 heavy (non-hydrogen) atoms. The van der Waals surface area contributed by atoms with Crippen molar-refractivity contribution in [3.05, 3.63) is 35.4 Å². The van der Waals surface area contributed by atoms with Gasteiger partial charge in [-0.05, 0) is 24.2 Å². The second kappa shape index (κ2) is 8.36. The van der Waals surface area contributed by atoms with Crippen molar-refractivity contribution < 1.29 is 8.42 Å². The fourth-order valence-corrected chi connectivity index (χ4v) is 3.08. The Labute approximate surface area is 122 Å². The number of nitrogens with zero attached hydrogens (tertiary/aromatic N) is 1. The van der Waals surface area contributed by atoms with Crippen LogP contribution in [0.4, 0.5) is 0 Å². The van der Waals surface area contributed by atoms with Gasteiger partial charge in [-0.15, -0.1) is 0 Å². The fourth-order valence-electron chi connectivity index (χ4n) is 1.94. The predicted molar refractivity (Wildman–Crippen MR) is 82.7 cm³/mol. The van der Waals surface area contributed by atoms with Crippen LogP contribution in [0.3, 0.4) is 0 Å². The smallest absolute Gasteiger partial charge is 0.215 e. The minimum atomic E-state index is -3.27. The Morgan fingerprint density at radius 3 is 2.15 bits per heavy atom. The van der Waals surface area contributed by atoms with Crippen molar-refractivity contribution in [1.29, 1.82) is 0 Å². The van der Waals surface area contributed by atoms with E-state index in [0.29, 0.717) is 13.1 Å². The summed E-state index contributed by atoms with van der Waals surface area (Å²) in [7, 11) is -3.27. The zero-order valence-corrected chi connectivity index (χ0v) is 13.1. The lowest BCUT2D eigenvalue weighted by Crippen LogP contribution is -2.35. The molecule has 0 saturated heterocycles. The summed E-state index contributed by atoms with van der Waals surface area (Å²) < 4.78 is 26.6. The Morgan fingerprint density at radius 1 is 1.10 bits per heavy atom. The average Bonchev–Trinajstić information content (AvgIpc) is 2.44. The summed E-state index contributed by atoms with van der Waals surface area (Å²) in [6.45, 7) is 7.64. The van der Waals surface area contributed by atoms with Crippen molar-refractivity contribution in [2.24, 2.45) is 5.73 Å². The van der Waals surface area contributed by atoms with E-state index in [1.54, 1.807) is 0 Å². The van der Waals surface area contributed by atoms with E-state index in [1.165, 1.54) is 0 Å². The molecule has 3 N–H and O–H groups in total. The number of nitrogens with two attached hydrogens (primary N) is 1. The van der Waals surface area contributed by atoms with Crippen LogP contribution in [0.15, 0.2) is 24.3 Å². The maximum Gasteiger partial charge on any atom is 0.215 e. The number of likely N-dealkylation sites (N-methyl/N-ethyl adjacent to an activating group) is 1. The molecule has 1 aromatic carbocycles. The van der Waals surface area contributed by atoms with Crippen molar-refractivity contribution in [3.8, 4) is 0 Å². The molecule has 0 atom stereocenters. The number of sulfonamides is 1. The third-order valence-corrected chi connectivity index (χ3v) is 4.62. The molecule has 5 nitrogen and oxygen atoms in total. The fraction of sp³-hybridized carbons (Fsp3) is 0.571. The monoisotopic (exact) mass is 299 g/mol. The normalized spacial score (nSPS) is 12.0. The predicted octanol–water partition coefficient (Wildman–Crippen LogP) is 0.907. The number of benzene rings is 1. The molecule has 0 unspecified atom stereocenters. The van der Waals surface area contributed by atoms with Crippen LogP contribution in [0.5, 0.6) is 0 Å².